The van der Waals surface area contributed by atoms with Gasteiger partial charge in [0.25, 0.3) is 15.9 Å². The van der Waals surface area contributed by atoms with Crippen molar-refractivity contribution in [2.75, 3.05) is 22.6 Å². The lowest BCUT2D eigenvalue weighted by Gasteiger charge is -2.25. The third-order valence-electron chi connectivity index (χ3n) is 5.27. The van der Waals surface area contributed by atoms with Crippen molar-refractivity contribution in [2.24, 2.45) is 0 Å². The van der Waals surface area contributed by atoms with E-state index in [1.54, 1.807) is 12.1 Å². The number of sulfonamides is 1. The van der Waals surface area contributed by atoms with E-state index in [0.29, 0.717) is 23.4 Å². The Hall–Kier alpha value is -2.34. The number of hydrogen-bond acceptors (Lipinski definition) is 7. The average Bonchev–Trinajstić information content (AvgIpc) is 3.41. The molecule has 0 aromatic heterocycles. The van der Waals surface area contributed by atoms with Gasteiger partial charge in [0.1, 0.15) is 16.3 Å². The van der Waals surface area contributed by atoms with Gasteiger partial charge >= 0.3 is 5.97 Å². The first kappa shape index (κ1) is 22.8. The maximum atomic E-state index is 14.1. The van der Waals surface area contributed by atoms with Gasteiger partial charge in [-0.15, -0.1) is 11.8 Å². The van der Waals surface area contributed by atoms with Crippen molar-refractivity contribution in [3.05, 3.63) is 58.4 Å². The highest BCUT2D eigenvalue weighted by atomic mass is 35.5. The Morgan fingerprint density at radius 2 is 2.09 bits per heavy atom. The molecule has 2 aliphatic rings. The summed E-state index contributed by atoms with van der Waals surface area (Å²) in [6.07, 6.45) is 0.308. The summed E-state index contributed by atoms with van der Waals surface area (Å²) in [6.45, 7) is 0.255. The lowest BCUT2D eigenvalue weighted by molar-refractivity contribution is -0.139. The molecule has 0 saturated carbocycles. The molecule has 0 radical (unpaired) electrons. The van der Waals surface area contributed by atoms with Crippen molar-refractivity contribution in [1.29, 1.82) is 0 Å². The number of nitrogens with one attached hydrogen (secondary N) is 2. The summed E-state index contributed by atoms with van der Waals surface area (Å²) in [5.74, 6) is -1.59. The summed E-state index contributed by atoms with van der Waals surface area (Å²) < 4.78 is 46.6. The van der Waals surface area contributed by atoms with E-state index in [2.05, 4.69) is 10.7 Å². The van der Waals surface area contributed by atoms with Crippen LogP contribution in [0.1, 0.15) is 22.3 Å². The van der Waals surface area contributed by atoms with Crippen LogP contribution in [0.2, 0.25) is 5.02 Å². The molecule has 170 valence electrons. The zero-order valence-corrected chi connectivity index (χ0v) is 19.2. The maximum absolute atomic E-state index is 14.1. The summed E-state index contributed by atoms with van der Waals surface area (Å²) in [7, 11) is -2.73. The van der Waals surface area contributed by atoms with Crippen molar-refractivity contribution in [3.8, 4) is 0 Å². The molecule has 1 fully saturated rings. The third-order valence-corrected chi connectivity index (χ3v) is 9.22. The number of hydrazine groups is 1. The van der Waals surface area contributed by atoms with Crippen LogP contribution >= 0.6 is 23.4 Å². The van der Waals surface area contributed by atoms with E-state index in [1.807, 2.05) is 0 Å². The number of ether oxygens (including phenoxy) is 1. The molecular formula is C20H19ClFN3O5S2. The molecule has 0 spiro atoms. The largest absolute Gasteiger partial charge is 0.468 e. The second kappa shape index (κ2) is 8.89. The van der Waals surface area contributed by atoms with E-state index in [-0.39, 0.29) is 22.8 Å². The molecule has 1 amide bonds. The van der Waals surface area contributed by atoms with Crippen LogP contribution in [0.15, 0.2) is 36.4 Å². The molecule has 32 heavy (non-hydrogen) atoms. The molecule has 0 bridgehead atoms. The lowest BCUT2D eigenvalue weighted by Crippen LogP contribution is -2.48. The zero-order valence-electron chi connectivity index (χ0n) is 16.8. The van der Waals surface area contributed by atoms with Crippen LogP contribution in [0.5, 0.6) is 0 Å². The molecule has 2 N–H and O–H groups in total. The second-order valence-electron chi connectivity index (χ2n) is 7.18. The fourth-order valence-electron chi connectivity index (χ4n) is 3.70. The number of carbonyl (C=O) groups is 2. The minimum atomic E-state index is -3.96. The van der Waals surface area contributed by atoms with Crippen molar-refractivity contribution < 1.29 is 27.1 Å². The van der Waals surface area contributed by atoms with Gasteiger partial charge in [-0.05, 0) is 42.0 Å². The van der Waals surface area contributed by atoms with Crippen molar-refractivity contribution >= 4 is 56.6 Å². The number of esters is 1. The minimum absolute atomic E-state index is 0.0397. The summed E-state index contributed by atoms with van der Waals surface area (Å²) in [6, 6.07) is 8.65. The average molecular weight is 500 g/mol. The molecule has 2 heterocycles. The van der Waals surface area contributed by atoms with Gasteiger partial charge in [0, 0.05) is 12.2 Å². The predicted molar refractivity (Wildman–Crippen MR) is 121 cm³/mol. The van der Waals surface area contributed by atoms with E-state index in [4.69, 9.17) is 16.3 Å². The zero-order chi connectivity index (χ0) is 23.0. The van der Waals surface area contributed by atoms with E-state index in [1.165, 1.54) is 37.1 Å². The first-order chi connectivity index (χ1) is 15.2. The van der Waals surface area contributed by atoms with E-state index < -0.39 is 38.2 Å². The van der Waals surface area contributed by atoms with Gasteiger partial charge < -0.3 is 10.1 Å². The number of methoxy groups -OCH3 is 1. The number of amides is 1. The van der Waals surface area contributed by atoms with Crippen LogP contribution < -0.4 is 15.2 Å². The number of thioether (sulfide) groups is 1. The van der Waals surface area contributed by atoms with Crippen LogP contribution in [0.25, 0.3) is 0 Å². The number of halogens is 2. The maximum Gasteiger partial charge on any atom is 0.320 e. The van der Waals surface area contributed by atoms with Gasteiger partial charge in [0.2, 0.25) is 0 Å². The highest BCUT2D eigenvalue weighted by Crippen LogP contribution is 2.38. The minimum Gasteiger partial charge on any atom is -0.468 e. The molecular weight excluding hydrogens is 481 g/mol. The van der Waals surface area contributed by atoms with Crippen molar-refractivity contribution in [2.45, 2.75) is 23.5 Å². The van der Waals surface area contributed by atoms with Gasteiger partial charge in [0.05, 0.1) is 23.4 Å². The van der Waals surface area contributed by atoms with E-state index >= 15 is 0 Å². The summed E-state index contributed by atoms with van der Waals surface area (Å²) in [4.78, 5) is 24.6. The van der Waals surface area contributed by atoms with Gasteiger partial charge in [-0.2, -0.15) is 0 Å². The smallest absolute Gasteiger partial charge is 0.320 e. The standard InChI is InChI=1S/C20H19ClFN3O5S2/c1-30-20(27)18-16(7-8-31-18)32(28,29)25-15-9-12(6-5-11(15)10-23-25)24-19(26)17-13(21)3-2-4-14(17)22/h2-6,9,16,18,23H,7-8,10H2,1H3,(H,24,26). The Balaban J connectivity index is 1.61. The molecule has 2 aromatic rings. The number of rotatable bonds is 5. The topological polar surface area (TPSA) is 105 Å². The molecule has 8 nitrogen and oxygen atoms in total. The molecule has 2 aliphatic heterocycles. The Morgan fingerprint density at radius 1 is 1.31 bits per heavy atom. The van der Waals surface area contributed by atoms with Crippen LogP contribution in [0.3, 0.4) is 0 Å². The monoisotopic (exact) mass is 499 g/mol. The van der Waals surface area contributed by atoms with Crippen LogP contribution in [0, 0.1) is 5.82 Å². The fraction of sp³-hybridized carbons (Fsp3) is 0.300. The number of nitrogens with zero attached hydrogens (tertiary/aromatic N) is 1. The number of fused-ring (bicyclic) bond motifs is 1. The SMILES string of the molecule is COC(=O)C1SCCC1S(=O)(=O)N1NCc2ccc(NC(=O)c3c(F)cccc3Cl)cc21. The normalized spacial score (nSPS) is 20.2. The number of hydrogen-bond donors (Lipinski definition) is 2. The van der Waals surface area contributed by atoms with Gasteiger partial charge in [-0.25, -0.2) is 22.6 Å². The third kappa shape index (κ3) is 4.05. The van der Waals surface area contributed by atoms with Crippen molar-refractivity contribution in [3.63, 3.8) is 0 Å². The van der Waals surface area contributed by atoms with Gasteiger partial charge in [0.15, 0.2) is 0 Å². The predicted octanol–water partition coefficient (Wildman–Crippen LogP) is 2.93. The quantitative estimate of drug-likeness (QED) is 0.609. The van der Waals surface area contributed by atoms with E-state index in [0.717, 1.165) is 10.5 Å². The second-order valence-corrected chi connectivity index (χ2v) is 10.8. The molecule has 0 aliphatic carbocycles. The molecule has 2 aromatic carbocycles. The number of carbonyl (C=O) groups excluding carboxylic acids is 2. The number of anilines is 2. The Morgan fingerprint density at radius 3 is 2.81 bits per heavy atom. The van der Waals surface area contributed by atoms with Crippen LogP contribution in [-0.2, 0) is 26.1 Å². The highest BCUT2D eigenvalue weighted by molar-refractivity contribution is 8.03. The summed E-state index contributed by atoms with van der Waals surface area (Å²) in [5, 5.41) is 0.749. The van der Waals surface area contributed by atoms with Gasteiger partial charge in [-0.1, -0.05) is 23.7 Å². The first-order valence-corrected chi connectivity index (χ1v) is 12.5. The Bertz CT molecular complexity index is 1170. The molecule has 2 atom stereocenters. The van der Waals surface area contributed by atoms with Crippen molar-refractivity contribution in [1.82, 2.24) is 5.43 Å². The Labute approximate surface area is 193 Å². The summed E-state index contributed by atoms with van der Waals surface area (Å²) in [5.41, 5.74) is 3.81. The van der Waals surface area contributed by atoms with E-state index in [9.17, 15) is 22.4 Å². The molecule has 1 saturated heterocycles. The number of benzene rings is 2. The molecule has 2 unspecified atom stereocenters. The lowest BCUT2D eigenvalue weighted by atomic mass is 10.1. The Kier molecular flexibility index (Phi) is 6.35. The first-order valence-electron chi connectivity index (χ1n) is 9.59. The van der Waals surface area contributed by atoms with Crippen LogP contribution in [-0.4, -0.2) is 43.7 Å². The highest BCUT2D eigenvalue weighted by Gasteiger charge is 2.47. The summed E-state index contributed by atoms with van der Waals surface area (Å²) >= 11 is 7.20. The fourth-order valence-corrected chi connectivity index (χ4v) is 7.78. The molecule has 12 heteroatoms. The van der Waals surface area contributed by atoms with Crippen LogP contribution in [0.4, 0.5) is 15.8 Å². The van der Waals surface area contributed by atoms with Gasteiger partial charge in [-0.3, -0.25) is 9.59 Å². The molecule has 4 rings (SSSR count).